The van der Waals surface area contributed by atoms with Crippen molar-refractivity contribution in [3.8, 4) is 5.75 Å². The lowest BCUT2D eigenvalue weighted by atomic mass is 9.97. The largest absolute Gasteiger partial charge is 0.492 e. The van der Waals surface area contributed by atoms with Crippen LogP contribution < -0.4 is 10.1 Å². The van der Waals surface area contributed by atoms with Crippen LogP contribution in [0.5, 0.6) is 5.75 Å². The van der Waals surface area contributed by atoms with E-state index in [0.29, 0.717) is 31.9 Å². The molecule has 7 heteroatoms. The van der Waals surface area contributed by atoms with Crippen LogP contribution in [0, 0.1) is 5.92 Å². The number of carboxylic acids is 1. The summed E-state index contributed by atoms with van der Waals surface area (Å²) in [5.41, 5.74) is 0.198. The summed E-state index contributed by atoms with van der Waals surface area (Å²) in [5, 5.41) is 11.7. The summed E-state index contributed by atoms with van der Waals surface area (Å²) in [7, 11) is 0. The Morgan fingerprint density at radius 3 is 2.64 bits per heavy atom. The van der Waals surface area contributed by atoms with Crippen LogP contribution in [0.25, 0.3) is 0 Å². The van der Waals surface area contributed by atoms with Gasteiger partial charge in [-0.2, -0.15) is 0 Å². The number of benzene rings is 1. The van der Waals surface area contributed by atoms with Gasteiger partial charge in [-0.3, -0.25) is 9.59 Å². The Morgan fingerprint density at radius 1 is 1.28 bits per heavy atom. The average Bonchev–Trinajstić information content (AvgIpc) is 2.64. The second-order valence-electron chi connectivity index (χ2n) is 6.00. The quantitative estimate of drug-likeness (QED) is 0.729. The lowest BCUT2D eigenvalue weighted by Gasteiger charge is -2.31. The van der Waals surface area contributed by atoms with Gasteiger partial charge in [-0.1, -0.05) is 6.92 Å². The Labute approximate surface area is 147 Å². The Morgan fingerprint density at radius 2 is 2.00 bits per heavy atom. The van der Waals surface area contributed by atoms with Crippen LogP contribution in [0.15, 0.2) is 24.3 Å². The molecule has 1 fully saturated rings. The molecule has 1 aliphatic rings. The number of nitrogens with zero attached hydrogens (tertiary/aromatic N) is 1. The maximum absolute atomic E-state index is 12.2. The third kappa shape index (κ3) is 5.48. The van der Waals surface area contributed by atoms with Crippen molar-refractivity contribution in [1.29, 1.82) is 0 Å². The molecule has 1 aromatic rings. The normalized spacial score (nSPS) is 17.0. The van der Waals surface area contributed by atoms with Crippen molar-refractivity contribution in [2.45, 2.75) is 26.2 Å². The van der Waals surface area contributed by atoms with Gasteiger partial charge in [-0.25, -0.2) is 4.79 Å². The van der Waals surface area contributed by atoms with E-state index in [2.05, 4.69) is 5.32 Å². The molecule has 0 aromatic heterocycles. The van der Waals surface area contributed by atoms with E-state index in [4.69, 9.17) is 9.84 Å². The van der Waals surface area contributed by atoms with Crippen LogP contribution in [0.2, 0.25) is 0 Å². The number of nitrogens with one attached hydrogen (secondary N) is 1. The van der Waals surface area contributed by atoms with E-state index in [1.54, 1.807) is 17.0 Å². The highest BCUT2D eigenvalue weighted by Crippen LogP contribution is 2.17. The summed E-state index contributed by atoms with van der Waals surface area (Å²) < 4.78 is 5.48. The molecule has 136 valence electrons. The molecule has 1 aromatic carbocycles. The van der Waals surface area contributed by atoms with E-state index in [1.165, 1.54) is 12.1 Å². The number of aromatic carboxylic acids is 1. The fraction of sp³-hybridized carbons (Fsp3) is 0.500. The van der Waals surface area contributed by atoms with E-state index in [9.17, 15) is 14.4 Å². The maximum Gasteiger partial charge on any atom is 0.335 e. The zero-order chi connectivity index (χ0) is 18.2. The molecule has 25 heavy (non-hydrogen) atoms. The first-order valence-electron chi connectivity index (χ1n) is 8.53. The molecule has 1 saturated heterocycles. The number of rotatable bonds is 7. The lowest BCUT2D eigenvalue weighted by molar-refractivity contribution is -0.135. The zero-order valence-corrected chi connectivity index (χ0v) is 14.4. The van der Waals surface area contributed by atoms with Crippen LogP contribution in [0.3, 0.4) is 0 Å². The van der Waals surface area contributed by atoms with Gasteiger partial charge < -0.3 is 20.1 Å². The predicted octanol–water partition coefficient (Wildman–Crippen LogP) is 1.53. The second kappa shape index (κ2) is 9.05. The predicted molar refractivity (Wildman–Crippen MR) is 91.5 cm³/mol. The molecule has 0 aliphatic carbocycles. The average molecular weight is 348 g/mol. The highest BCUT2D eigenvalue weighted by Gasteiger charge is 2.27. The van der Waals surface area contributed by atoms with Crippen LogP contribution in [-0.2, 0) is 9.59 Å². The molecule has 2 amide bonds. The molecule has 1 aliphatic heterocycles. The minimum Gasteiger partial charge on any atom is -0.492 e. The van der Waals surface area contributed by atoms with Gasteiger partial charge in [0.05, 0.1) is 18.0 Å². The van der Waals surface area contributed by atoms with E-state index in [1.807, 2.05) is 6.92 Å². The van der Waals surface area contributed by atoms with Crippen molar-refractivity contribution in [3.05, 3.63) is 29.8 Å². The third-order valence-electron chi connectivity index (χ3n) is 4.22. The number of hydrogen-bond acceptors (Lipinski definition) is 4. The van der Waals surface area contributed by atoms with Crippen LogP contribution >= 0.6 is 0 Å². The summed E-state index contributed by atoms with van der Waals surface area (Å²) in [6.45, 7) is 3.69. The minimum atomic E-state index is -0.984. The van der Waals surface area contributed by atoms with Crippen LogP contribution in [-0.4, -0.2) is 54.0 Å². The van der Waals surface area contributed by atoms with Gasteiger partial charge in [-0.05, 0) is 37.1 Å². The first-order valence-corrected chi connectivity index (χ1v) is 8.53. The highest BCUT2D eigenvalue weighted by atomic mass is 16.5. The molecule has 0 saturated carbocycles. The summed E-state index contributed by atoms with van der Waals surface area (Å²) in [5.74, 6) is -0.568. The monoisotopic (exact) mass is 348 g/mol. The summed E-state index contributed by atoms with van der Waals surface area (Å²) in [6.07, 6.45) is 2.09. The molecule has 0 spiro atoms. The molecule has 0 radical (unpaired) electrons. The minimum absolute atomic E-state index is 0.0570. The maximum atomic E-state index is 12.2. The third-order valence-corrected chi connectivity index (χ3v) is 4.22. The van der Waals surface area contributed by atoms with E-state index in [-0.39, 0.29) is 23.3 Å². The molecule has 0 unspecified atom stereocenters. The summed E-state index contributed by atoms with van der Waals surface area (Å²) in [4.78, 5) is 36.5. The number of likely N-dealkylation sites (tertiary alicyclic amines) is 1. The van der Waals surface area contributed by atoms with Crippen molar-refractivity contribution >= 4 is 17.8 Å². The smallest absolute Gasteiger partial charge is 0.335 e. The number of amides is 2. The van der Waals surface area contributed by atoms with Gasteiger partial charge in [0.15, 0.2) is 0 Å². The Bertz CT molecular complexity index is 614. The molecule has 2 N–H and O–H groups in total. The van der Waals surface area contributed by atoms with Crippen molar-refractivity contribution in [2.75, 3.05) is 26.2 Å². The highest BCUT2D eigenvalue weighted by molar-refractivity contribution is 5.87. The van der Waals surface area contributed by atoms with Crippen molar-refractivity contribution < 1.29 is 24.2 Å². The Kier molecular flexibility index (Phi) is 6.80. The second-order valence-corrected chi connectivity index (χ2v) is 6.00. The van der Waals surface area contributed by atoms with E-state index >= 15 is 0 Å². The van der Waals surface area contributed by atoms with Gasteiger partial charge >= 0.3 is 5.97 Å². The van der Waals surface area contributed by atoms with Gasteiger partial charge in [0.1, 0.15) is 12.4 Å². The summed E-state index contributed by atoms with van der Waals surface area (Å²) >= 11 is 0. The number of carbonyl (C=O) groups is 3. The van der Waals surface area contributed by atoms with Crippen molar-refractivity contribution in [3.63, 3.8) is 0 Å². The van der Waals surface area contributed by atoms with Crippen LogP contribution in [0.4, 0.5) is 0 Å². The first-order chi connectivity index (χ1) is 12.0. The van der Waals surface area contributed by atoms with Gasteiger partial charge in [-0.15, -0.1) is 0 Å². The summed E-state index contributed by atoms with van der Waals surface area (Å²) in [6, 6.07) is 6.11. The Hall–Kier alpha value is -2.57. The van der Waals surface area contributed by atoms with Crippen molar-refractivity contribution in [1.82, 2.24) is 10.2 Å². The lowest BCUT2D eigenvalue weighted by Crippen LogP contribution is -2.45. The number of ether oxygens (including phenoxy) is 1. The molecular formula is C18H24N2O5. The zero-order valence-electron chi connectivity index (χ0n) is 14.4. The molecular weight excluding hydrogens is 324 g/mol. The topological polar surface area (TPSA) is 95.9 Å². The van der Waals surface area contributed by atoms with E-state index in [0.717, 1.165) is 19.4 Å². The molecule has 2 rings (SSSR count). The number of carbonyl (C=O) groups excluding carboxylic acids is 2. The van der Waals surface area contributed by atoms with Gasteiger partial charge in [0.25, 0.3) is 0 Å². The molecule has 1 heterocycles. The Balaban J connectivity index is 1.71. The van der Waals surface area contributed by atoms with Gasteiger partial charge in [0, 0.05) is 19.5 Å². The number of piperidine rings is 1. The molecule has 0 bridgehead atoms. The number of carboxylic acid groups (broad SMARTS) is 1. The number of hydrogen-bond donors (Lipinski definition) is 2. The molecule has 7 nitrogen and oxygen atoms in total. The first kappa shape index (κ1) is 18.8. The SMILES string of the molecule is CCC(=O)N1CCC[C@@H](C(=O)NCCOc2ccc(C(=O)O)cc2)C1. The van der Waals surface area contributed by atoms with Gasteiger partial charge in [0.2, 0.25) is 11.8 Å². The van der Waals surface area contributed by atoms with E-state index < -0.39 is 5.97 Å². The fourth-order valence-electron chi connectivity index (χ4n) is 2.82. The molecule has 1 atom stereocenters. The van der Waals surface area contributed by atoms with Crippen LogP contribution in [0.1, 0.15) is 36.5 Å². The van der Waals surface area contributed by atoms with Crippen molar-refractivity contribution in [2.24, 2.45) is 5.92 Å². The fourth-order valence-corrected chi connectivity index (χ4v) is 2.82. The standard InChI is InChI=1S/C18H24N2O5/c1-2-16(21)20-10-3-4-14(12-20)17(22)19-9-11-25-15-7-5-13(6-8-15)18(23)24/h5-8,14H,2-4,9-12H2,1H3,(H,19,22)(H,23,24)/t14-/m1/s1.